The average Bonchev–Trinajstić information content (AvgIpc) is 2.86. The highest BCUT2D eigenvalue weighted by Crippen LogP contribution is 2.40. The van der Waals surface area contributed by atoms with Crippen molar-refractivity contribution in [3.63, 3.8) is 0 Å². The lowest BCUT2D eigenvalue weighted by atomic mass is 9.80. The van der Waals surface area contributed by atoms with Crippen LogP contribution in [0.2, 0.25) is 0 Å². The number of furan rings is 1. The number of carboxylic acids is 1. The second kappa shape index (κ2) is 6.86. The van der Waals surface area contributed by atoms with Gasteiger partial charge in [0.2, 0.25) is 5.91 Å². The topological polar surface area (TPSA) is 70.8 Å². The number of halogens is 3. The molecule has 0 spiro atoms. The van der Waals surface area contributed by atoms with Gasteiger partial charge in [-0.3, -0.25) is 4.79 Å². The van der Waals surface area contributed by atoms with Crippen LogP contribution >= 0.6 is 0 Å². The highest BCUT2D eigenvalue weighted by atomic mass is 19.4. The zero-order valence-electron chi connectivity index (χ0n) is 13.5. The first-order valence-corrected chi connectivity index (χ1v) is 7.74. The fourth-order valence-electron chi connectivity index (χ4n) is 3.17. The summed E-state index contributed by atoms with van der Waals surface area (Å²) in [6.07, 6.45) is -3.59. The third kappa shape index (κ3) is 4.10. The number of alkyl halides is 3. The summed E-state index contributed by atoms with van der Waals surface area (Å²) in [5, 5.41) is 8.98. The fourth-order valence-corrected chi connectivity index (χ4v) is 3.17. The zero-order chi connectivity index (χ0) is 18.1. The molecule has 0 saturated heterocycles. The number of carbonyl (C=O) groups is 2. The monoisotopic (exact) mass is 347 g/mol. The highest BCUT2D eigenvalue weighted by Gasteiger charge is 2.44. The zero-order valence-corrected chi connectivity index (χ0v) is 13.5. The third-order valence-electron chi connectivity index (χ3n) is 4.45. The van der Waals surface area contributed by atoms with Crippen LogP contribution in [0.4, 0.5) is 13.2 Å². The van der Waals surface area contributed by atoms with Crippen LogP contribution in [0.15, 0.2) is 10.5 Å². The van der Waals surface area contributed by atoms with Crippen LogP contribution in [0.25, 0.3) is 0 Å². The van der Waals surface area contributed by atoms with Gasteiger partial charge in [0.25, 0.3) is 0 Å². The summed E-state index contributed by atoms with van der Waals surface area (Å²) in [7, 11) is 1.48. The van der Waals surface area contributed by atoms with Crippen molar-refractivity contribution in [1.29, 1.82) is 0 Å². The van der Waals surface area contributed by atoms with E-state index in [-0.39, 0.29) is 36.6 Å². The Balaban J connectivity index is 2.01. The van der Waals surface area contributed by atoms with Gasteiger partial charge in [0.05, 0.1) is 12.5 Å². The van der Waals surface area contributed by atoms with E-state index in [2.05, 4.69) is 0 Å². The van der Waals surface area contributed by atoms with Gasteiger partial charge in [-0.15, -0.1) is 0 Å². The molecule has 1 amide bonds. The molecule has 0 aliphatic heterocycles. The number of amides is 1. The smallest absolute Gasteiger partial charge is 0.391 e. The van der Waals surface area contributed by atoms with E-state index in [1.807, 2.05) is 0 Å². The molecular weight excluding hydrogens is 327 g/mol. The molecule has 1 heterocycles. The number of aryl methyl sites for hydroxylation is 1. The molecule has 1 aliphatic rings. The lowest BCUT2D eigenvalue weighted by Gasteiger charge is -2.31. The van der Waals surface area contributed by atoms with Gasteiger partial charge in [0.1, 0.15) is 17.1 Å². The molecule has 1 fully saturated rings. The van der Waals surface area contributed by atoms with E-state index in [0.29, 0.717) is 18.6 Å². The van der Waals surface area contributed by atoms with E-state index in [9.17, 15) is 22.8 Å². The molecule has 1 aromatic heterocycles. The highest BCUT2D eigenvalue weighted by molar-refractivity contribution is 5.88. The Kier molecular flexibility index (Phi) is 5.25. The number of hydrogen-bond donors (Lipinski definition) is 1. The number of nitrogens with zero attached hydrogens (tertiary/aromatic N) is 1. The Hall–Kier alpha value is -1.99. The second-order valence-electron chi connectivity index (χ2n) is 6.28. The first-order valence-electron chi connectivity index (χ1n) is 7.74. The molecule has 1 N–H and O–H groups in total. The molecular formula is C16H20F3NO4. The lowest BCUT2D eigenvalue weighted by Crippen LogP contribution is -2.38. The van der Waals surface area contributed by atoms with Gasteiger partial charge >= 0.3 is 12.1 Å². The van der Waals surface area contributed by atoms with Crippen molar-refractivity contribution >= 4 is 11.9 Å². The molecule has 24 heavy (non-hydrogen) atoms. The minimum absolute atomic E-state index is 0.0145. The van der Waals surface area contributed by atoms with Crippen LogP contribution in [-0.2, 0) is 11.3 Å². The predicted molar refractivity (Wildman–Crippen MR) is 78.4 cm³/mol. The molecule has 1 aliphatic carbocycles. The maximum Gasteiger partial charge on any atom is 0.391 e. The lowest BCUT2D eigenvalue weighted by molar-refractivity contribution is -0.187. The molecule has 2 rings (SSSR count). The van der Waals surface area contributed by atoms with Gasteiger partial charge in [0, 0.05) is 13.0 Å². The van der Waals surface area contributed by atoms with Gasteiger partial charge in [0.15, 0.2) is 0 Å². The SMILES string of the molecule is Cc1oc(CN(C)C(=O)C2CCCC(C(F)(F)F)C2)cc1C(=O)O. The van der Waals surface area contributed by atoms with Crippen molar-refractivity contribution in [3.05, 3.63) is 23.2 Å². The third-order valence-corrected chi connectivity index (χ3v) is 4.45. The van der Waals surface area contributed by atoms with E-state index >= 15 is 0 Å². The van der Waals surface area contributed by atoms with E-state index in [1.54, 1.807) is 0 Å². The Bertz CT molecular complexity index is 623. The maximum absolute atomic E-state index is 12.9. The molecule has 2 atom stereocenters. The molecule has 1 aromatic rings. The Morgan fingerprint density at radius 3 is 2.58 bits per heavy atom. The van der Waals surface area contributed by atoms with Gasteiger partial charge < -0.3 is 14.4 Å². The molecule has 1 saturated carbocycles. The van der Waals surface area contributed by atoms with Crippen molar-refractivity contribution in [2.75, 3.05) is 7.05 Å². The number of carbonyl (C=O) groups excluding carboxylic acids is 1. The van der Waals surface area contributed by atoms with Crippen LogP contribution in [0.1, 0.15) is 47.6 Å². The minimum atomic E-state index is -4.27. The largest absolute Gasteiger partial charge is 0.478 e. The second-order valence-corrected chi connectivity index (χ2v) is 6.28. The molecule has 0 aromatic carbocycles. The van der Waals surface area contributed by atoms with Crippen molar-refractivity contribution < 1.29 is 32.3 Å². The summed E-state index contributed by atoms with van der Waals surface area (Å²) in [4.78, 5) is 24.7. The number of aromatic carboxylic acids is 1. The number of rotatable bonds is 4. The van der Waals surface area contributed by atoms with E-state index in [4.69, 9.17) is 9.52 Å². The van der Waals surface area contributed by atoms with Crippen LogP contribution in [0.3, 0.4) is 0 Å². The Morgan fingerprint density at radius 1 is 1.38 bits per heavy atom. The van der Waals surface area contributed by atoms with Crippen molar-refractivity contribution in [1.82, 2.24) is 4.90 Å². The van der Waals surface area contributed by atoms with Gasteiger partial charge in [-0.25, -0.2) is 4.79 Å². The molecule has 134 valence electrons. The Morgan fingerprint density at radius 2 is 2.04 bits per heavy atom. The van der Waals surface area contributed by atoms with Gasteiger partial charge in [-0.2, -0.15) is 13.2 Å². The summed E-state index contributed by atoms with van der Waals surface area (Å²) in [5.41, 5.74) is 0.0145. The summed E-state index contributed by atoms with van der Waals surface area (Å²) < 4.78 is 43.9. The average molecular weight is 347 g/mol. The molecule has 0 bridgehead atoms. The van der Waals surface area contributed by atoms with Crippen molar-refractivity contribution in [2.24, 2.45) is 11.8 Å². The van der Waals surface area contributed by atoms with Crippen LogP contribution in [0, 0.1) is 18.8 Å². The Labute approximate surface area is 137 Å². The summed E-state index contributed by atoms with van der Waals surface area (Å²) in [5.74, 6) is -3.06. The number of carboxylic acid groups (broad SMARTS) is 1. The summed E-state index contributed by atoms with van der Waals surface area (Å²) >= 11 is 0. The van der Waals surface area contributed by atoms with Crippen LogP contribution < -0.4 is 0 Å². The van der Waals surface area contributed by atoms with Gasteiger partial charge in [-0.05, 0) is 32.3 Å². The van der Waals surface area contributed by atoms with E-state index < -0.39 is 24.0 Å². The van der Waals surface area contributed by atoms with Crippen LogP contribution in [0.5, 0.6) is 0 Å². The maximum atomic E-state index is 12.9. The van der Waals surface area contributed by atoms with E-state index in [1.165, 1.54) is 24.9 Å². The predicted octanol–water partition coefficient (Wildman–Crippen LogP) is 3.61. The minimum Gasteiger partial charge on any atom is -0.478 e. The molecule has 8 heteroatoms. The van der Waals surface area contributed by atoms with Crippen LogP contribution in [-0.4, -0.2) is 35.1 Å². The number of hydrogen-bond acceptors (Lipinski definition) is 3. The van der Waals surface area contributed by atoms with E-state index in [0.717, 1.165) is 0 Å². The standard InChI is InChI=1S/C16H20F3NO4/c1-9-13(15(22)23)7-12(24-9)8-20(2)14(21)10-4-3-5-11(6-10)16(17,18)19/h7,10-11H,3-6,8H2,1-2H3,(H,22,23). The molecule has 0 radical (unpaired) electrons. The van der Waals surface area contributed by atoms with Crippen molar-refractivity contribution in [2.45, 2.75) is 45.3 Å². The molecule has 5 nitrogen and oxygen atoms in total. The quantitative estimate of drug-likeness (QED) is 0.903. The summed E-state index contributed by atoms with van der Waals surface area (Å²) in [6.45, 7) is 1.53. The first-order chi connectivity index (χ1) is 11.1. The van der Waals surface area contributed by atoms with Crippen molar-refractivity contribution in [3.8, 4) is 0 Å². The van der Waals surface area contributed by atoms with Gasteiger partial charge in [-0.1, -0.05) is 6.42 Å². The summed E-state index contributed by atoms with van der Waals surface area (Å²) in [6, 6.07) is 1.33. The normalized spacial score (nSPS) is 21.5. The molecule has 2 unspecified atom stereocenters. The fraction of sp³-hybridized carbons (Fsp3) is 0.625. The first kappa shape index (κ1) is 18.4.